The van der Waals surface area contributed by atoms with Crippen molar-refractivity contribution >= 4 is 16.7 Å². The molecular weight excluding hydrogens is 376 g/mol. The first-order valence-corrected chi connectivity index (χ1v) is 11.4. The fourth-order valence-electron chi connectivity index (χ4n) is 5.41. The summed E-state index contributed by atoms with van der Waals surface area (Å²) in [6, 6.07) is 13.0. The summed E-state index contributed by atoms with van der Waals surface area (Å²) in [5, 5.41) is 15.1. The first-order chi connectivity index (χ1) is 14.5. The van der Waals surface area contributed by atoms with Crippen LogP contribution in [0.15, 0.2) is 36.4 Å². The standard InChI is InChI=1S/C25H32N2O3/c1-2-18-13-23(18)26-22-14-25(30-16-22)7-9-27(10-8-25)15-17-3-4-20-12-21(24(28)29)6-5-19(20)11-17/h3-6,11-12,18,22-23,26H,2,7-10,13-16H2,1H3,(H,28,29)/t18-,22?,23-/m1/s1. The fourth-order valence-corrected chi connectivity index (χ4v) is 5.41. The fraction of sp³-hybridized carbons (Fsp3) is 0.560. The minimum absolute atomic E-state index is 0.0847. The van der Waals surface area contributed by atoms with E-state index in [9.17, 15) is 4.79 Å². The van der Waals surface area contributed by atoms with Crippen LogP contribution in [0, 0.1) is 5.92 Å². The second kappa shape index (κ2) is 7.95. The topological polar surface area (TPSA) is 61.8 Å². The van der Waals surface area contributed by atoms with E-state index in [0.717, 1.165) is 68.2 Å². The zero-order valence-corrected chi connectivity index (χ0v) is 17.8. The molecule has 5 heteroatoms. The van der Waals surface area contributed by atoms with Crippen molar-refractivity contribution in [2.45, 2.75) is 63.3 Å². The molecule has 2 saturated heterocycles. The van der Waals surface area contributed by atoms with Crippen LogP contribution in [0.5, 0.6) is 0 Å². The quantitative estimate of drug-likeness (QED) is 0.755. The lowest BCUT2D eigenvalue weighted by molar-refractivity contribution is -0.0449. The lowest BCUT2D eigenvalue weighted by Crippen LogP contribution is -2.44. The minimum Gasteiger partial charge on any atom is -0.478 e. The number of ether oxygens (including phenoxy) is 1. The number of hydrogen-bond donors (Lipinski definition) is 2. The Morgan fingerprint density at radius 1 is 1.20 bits per heavy atom. The van der Waals surface area contributed by atoms with Gasteiger partial charge in [-0.05, 0) is 66.1 Å². The van der Waals surface area contributed by atoms with Crippen molar-refractivity contribution in [3.05, 3.63) is 47.5 Å². The number of carboxylic acids is 1. The maximum absolute atomic E-state index is 11.2. The van der Waals surface area contributed by atoms with Crippen molar-refractivity contribution in [2.24, 2.45) is 5.92 Å². The molecule has 2 aromatic carbocycles. The molecule has 1 spiro atoms. The molecule has 0 aromatic heterocycles. The van der Waals surface area contributed by atoms with Gasteiger partial charge in [0.05, 0.1) is 17.8 Å². The number of hydrogen-bond acceptors (Lipinski definition) is 4. The van der Waals surface area contributed by atoms with E-state index in [-0.39, 0.29) is 5.60 Å². The molecule has 1 aliphatic carbocycles. The second-order valence-corrected chi connectivity index (χ2v) is 9.55. The third-order valence-corrected chi connectivity index (χ3v) is 7.43. The van der Waals surface area contributed by atoms with Crippen LogP contribution < -0.4 is 5.32 Å². The Hall–Kier alpha value is -1.95. The SMILES string of the molecule is CC[C@@H]1C[C@H]1NC1COC2(CCN(Cc3ccc4cc(C(=O)O)ccc4c3)CC2)C1. The number of rotatable bonds is 6. The number of fused-ring (bicyclic) bond motifs is 1. The third-order valence-electron chi connectivity index (χ3n) is 7.43. The van der Waals surface area contributed by atoms with E-state index in [2.05, 4.69) is 29.3 Å². The first-order valence-electron chi connectivity index (χ1n) is 11.4. The molecule has 2 aliphatic heterocycles. The summed E-state index contributed by atoms with van der Waals surface area (Å²) in [6.45, 7) is 6.25. The zero-order chi connectivity index (χ0) is 20.7. The number of carbonyl (C=O) groups is 1. The van der Waals surface area contributed by atoms with Crippen LogP contribution in [-0.2, 0) is 11.3 Å². The first kappa shape index (κ1) is 20.0. The predicted octanol–water partition coefficient (Wildman–Crippen LogP) is 4.05. The smallest absolute Gasteiger partial charge is 0.335 e. The monoisotopic (exact) mass is 408 g/mol. The third kappa shape index (κ3) is 4.11. The van der Waals surface area contributed by atoms with Crippen molar-refractivity contribution in [1.29, 1.82) is 0 Å². The van der Waals surface area contributed by atoms with Crippen molar-refractivity contribution in [2.75, 3.05) is 19.7 Å². The van der Waals surface area contributed by atoms with Crippen LogP contribution in [0.1, 0.15) is 54.9 Å². The summed E-state index contributed by atoms with van der Waals surface area (Å²) >= 11 is 0. The van der Waals surface area contributed by atoms with Gasteiger partial charge >= 0.3 is 5.97 Å². The van der Waals surface area contributed by atoms with Gasteiger partial charge in [-0.2, -0.15) is 0 Å². The van der Waals surface area contributed by atoms with Gasteiger partial charge in [-0.3, -0.25) is 4.90 Å². The number of carboxylic acid groups (broad SMARTS) is 1. The van der Waals surface area contributed by atoms with Gasteiger partial charge in [0, 0.05) is 31.7 Å². The molecule has 160 valence electrons. The maximum atomic E-state index is 11.2. The van der Waals surface area contributed by atoms with Crippen LogP contribution in [0.4, 0.5) is 0 Å². The predicted molar refractivity (Wildman–Crippen MR) is 118 cm³/mol. The van der Waals surface area contributed by atoms with E-state index in [4.69, 9.17) is 9.84 Å². The van der Waals surface area contributed by atoms with Gasteiger partial charge in [0.25, 0.3) is 0 Å². The molecular formula is C25H32N2O3. The van der Waals surface area contributed by atoms with E-state index >= 15 is 0 Å². The van der Waals surface area contributed by atoms with E-state index in [0.29, 0.717) is 11.6 Å². The number of nitrogens with zero attached hydrogens (tertiary/aromatic N) is 1. The molecule has 2 heterocycles. The van der Waals surface area contributed by atoms with Gasteiger partial charge < -0.3 is 15.2 Å². The van der Waals surface area contributed by atoms with Gasteiger partial charge in [0.1, 0.15) is 0 Å². The lowest BCUT2D eigenvalue weighted by Gasteiger charge is -2.38. The molecule has 3 atom stereocenters. The van der Waals surface area contributed by atoms with Crippen LogP contribution in [0.2, 0.25) is 0 Å². The summed E-state index contributed by atoms with van der Waals surface area (Å²) in [4.78, 5) is 13.7. The molecule has 1 unspecified atom stereocenters. The molecule has 30 heavy (non-hydrogen) atoms. The Kier molecular flexibility index (Phi) is 5.30. The summed E-state index contributed by atoms with van der Waals surface area (Å²) in [7, 11) is 0. The molecule has 0 radical (unpaired) electrons. The normalized spacial score (nSPS) is 28.2. The van der Waals surface area contributed by atoms with Crippen molar-refractivity contribution in [3.8, 4) is 0 Å². The Morgan fingerprint density at radius 3 is 2.70 bits per heavy atom. The summed E-state index contributed by atoms with van der Waals surface area (Å²) in [5.41, 5.74) is 1.71. The average Bonchev–Trinajstić information content (AvgIpc) is 3.40. The number of piperidine rings is 1. The molecule has 1 saturated carbocycles. The highest BCUT2D eigenvalue weighted by atomic mass is 16.5. The second-order valence-electron chi connectivity index (χ2n) is 9.55. The number of nitrogens with one attached hydrogen (secondary N) is 1. The Labute approximate surface area is 178 Å². The highest BCUT2D eigenvalue weighted by Crippen LogP contribution is 2.39. The van der Waals surface area contributed by atoms with Crippen LogP contribution >= 0.6 is 0 Å². The molecule has 0 bridgehead atoms. The van der Waals surface area contributed by atoms with Crippen molar-refractivity contribution in [3.63, 3.8) is 0 Å². The van der Waals surface area contributed by atoms with E-state index in [1.54, 1.807) is 12.1 Å². The molecule has 3 fully saturated rings. The minimum atomic E-state index is -0.878. The Morgan fingerprint density at radius 2 is 1.97 bits per heavy atom. The average molecular weight is 409 g/mol. The molecule has 5 nitrogen and oxygen atoms in total. The maximum Gasteiger partial charge on any atom is 0.335 e. The van der Waals surface area contributed by atoms with Crippen molar-refractivity contribution in [1.82, 2.24) is 10.2 Å². The van der Waals surface area contributed by atoms with Gasteiger partial charge in [0.15, 0.2) is 0 Å². The van der Waals surface area contributed by atoms with E-state index in [1.807, 2.05) is 12.1 Å². The van der Waals surface area contributed by atoms with E-state index in [1.165, 1.54) is 18.4 Å². The molecule has 3 aliphatic rings. The summed E-state index contributed by atoms with van der Waals surface area (Å²) in [6.07, 6.45) is 6.03. The Balaban J connectivity index is 1.15. The van der Waals surface area contributed by atoms with Gasteiger partial charge in [-0.1, -0.05) is 31.5 Å². The molecule has 2 N–H and O–H groups in total. The molecule has 0 amide bonds. The lowest BCUT2D eigenvalue weighted by atomic mass is 9.87. The van der Waals surface area contributed by atoms with Crippen molar-refractivity contribution < 1.29 is 14.6 Å². The molecule has 5 rings (SSSR count). The van der Waals surface area contributed by atoms with Crippen LogP contribution in [0.3, 0.4) is 0 Å². The van der Waals surface area contributed by atoms with E-state index < -0.39 is 5.97 Å². The number of aromatic carboxylic acids is 1. The summed E-state index contributed by atoms with van der Waals surface area (Å²) in [5.74, 6) is 0.0122. The highest BCUT2D eigenvalue weighted by molar-refractivity contribution is 5.94. The number of likely N-dealkylation sites (tertiary alicyclic amines) is 1. The highest BCUT2D eigenvalue weighted by Gasteiger charge is 2.45. The molecule has 2 aromatic rings. The van der Waals surface area contributed by atoms with Gasteiger partial charge in [-0.25, -0.2) is 4.79 Å². The Bertz CT molecular complexity index is 935. The zero-order valence-electron chi connectivity index (χ0n) is 17.8. The van der Waals surface area contributed by atoms with Gasteiger partial charge in [-0.15, -0.1) is 0 Å². The van der Waals surface area contributed by atoms with Gasteiger partial charge in [0.2, 0.25) is 0 Å². The summed E-state index contributed by atoms with van der Waals surface area (Å²) < 4.78 is 6.34. The number of benzene rings is 2. The largest absolute Gasteiger partial charge is 0.478 e. The van der Waals surface area contributed by atoms with Crippen LogP contribution in [-0.4, -0.2) is 53.4 Å². The van der Waals surface area contributed by atoms with Crippen LogP contribution in [0.25, 0.3) is 10.8 Å².